The van der Waals surface area contributed by atoms with Gasteiger partial charge in [0.2, 0.25) is 0 Å². The van der Waals surface area contributed by atoms with Crippen LogP contribution in [-0.2, 0) is 14.2 Å². The summed E-state index contributed by atoms with van der Waals surface area (Å²) in [6.45, 7) is 16.1. The highest BCUT2D eigenvalue weighted by Gasteiger charge is 2.07. The average molecular weight is 271 g/mol. The summed E-state index contributed by atoms with van der Waals surface area (Å²) in [5.74, 6) is 1.11. The van der Waals surface area contributed by atoms with Crippen LogP contribution in [0.2, 0.25) is 0 Å². The van der Waals surface area contributed by atoms with Gasteiger partial charge in [0.25, 0.3) is 0 Å². The minimum atomic E-state index is 0.483. The molecule has 0 amide bonds. The molecule has 0 aliphatic carbocycles. The van der Waals surface area contributed by atoms with Crippen LogP contribution in [0.25, 0.3) is 0 Å². The Balaban J connectivity index is 3.20. The molecule has 2 atom stereocenters. The van der Waals surface area contributed by atoms with Crippen LogP contribution in [0.15, 0.2) is 12.7 Å². The van der Waals surface area contributed by atoms with Crippen LogP contribution in [-0.4, -0.2) is 39.6 Å². The first-order chi connectivity index (χ1) is 9.24. The molecule has 2 unspecified atom stereocenters. The third kappa shape index (κ3) is 12.3. The van der Waals surface area contributed by atoms with Crippen molar-refractivity contribution in [2.45, 2.75) is 33.1 Å². The summed E-state index contributed by atoms with van der Waals surface area (Å²) >= 11 is 0. The van der Waals surface area contributed by atoms with Crippen molar-refractivity contribution in [3.05, 3.63) is 19.6 Å². The lowest BCUT2D eigenvalue weighted by Crippen LogP contribution is -2.14. The summed E-state index contributed by atoms with van der Waals surface area (Å²) in [7, 11) is 0. The van der Waals surface area contributed by atoms with E-state index in [4.69, 9.17) is 14.2 Å². The van der Waals surface area contributed by atoms with E-state index in [1.165, 1.54) is 0 Å². The van der Waals surface area contributed by atoms with E-state index in [2.05, 4.69) is 27.4 Å². The summed E-state index contributed by atoms with van der Waals surface area (Å²) in [5, 5.41) is 0. The van der Waals surface area contributed by atoms with Crippen LogP contribution >= 0.6 is 0 Å². The van der Waals surface area contributed by atoms with Crippen molar-refractivity contribution in [3.63, 3.8) is 0 Å². The molecule has 0 N–H and O–H groups in total. The highest BCUT2D eigenvalue weighted by atomic mass is 16.5. The second-order valence-electron chi connectivity index (χ2n) is 4.95. The molecule has 0 heterocycles. The Labute approximate surface area is 119 Å². The van der Waals surface area contributed by atoms with Gasteiger partial charge in [-0.15, -0.1) is 6.58 Å². The summed E-state index contributed by atoms with van der Waals surface area (Å²) in [5.41, 5.74) is 0. The smallest absolute Gasteiger partial charge is 0.0903 e. The van der Waals surface area contributed by atoms with Gasteiger partial charge in [0.05, 0.1) is 46.4 Å². The van der Waals surface area contributed by atoms with Gasteiger partial charge in [-0.3, -0.25) is 0 Å². The Hall–Kier alpha value is -0.510. The third-order valence-corrected chi connectivity index (χ3v) is 3.11. The Morgan fingerprint density at radius 3 is 2.16 bits per heavy atom. The van der Waals surface area contributed by atoms with E-state index >= 15 is 0 Å². The SMILES string of the molecule is C=CCC(C[CH2+])COCCOCCOCC(C)CC. The minimum Gasteiger partial charge on any atom is -0.379 e. The van der Waals surface area contributed by atoms with E-state index < -0.39 is 0 Å². The molecule has 0 aliphatic rings. The van der Waals surface area contributed by atoms with E-state index in [0.717, 1.165) is 32.5 Å². The van der Waals surface area contributed by atoms with Crippen molar-refractivity contribution in [3.8, 4) is 0 Å². The molecule has 0 fully saturated rings. The van der Waals surface area contributed by atoms with Crippen LogP contribution in [0.1, 0.15) is 33.1 Å². The van der Waals surface area contributed by atoms with Crippen LogP contribution in [0, 0.1) is 18.8 Å². The van der Waals surface area contributed by atoms with Crippen molar-refractivity contribution in [1.82, 2.24) is 0 Å². The van der Waals surface area contributed by atoms with E-state index in [0.29, 0.717) is 38.3 Å². The predicted molar refractivity (Wildman–Crippen MR) is 80.2 cm³/mol. The van der Waals surface area contributed by atoms with Gasteiger partial charge in [-0.2, -0.15) is 0 Å². The number of hydrogen-bond acceptors (Lipinski definition) is 3. The van der Waals surface area contributed by atoms with E-state index in [1.807, 2.05) is 6.08 Å². The van der Waals surface area contributed by atoms with Gasteiger partial charge in [0, 0.05) is 12.5 Å². The summed E-state index contributed by atoms with van der Waals surface area (Å²) < 4.78 is 16.5. The van der Waals surface area contributed by atoms with Gasteiger partial charge in [-0.05, 0) is 12.3 Å². The van der Waals surface area contributed by atoms with Gasteiger partial charge in [-0.1, -0.05) is 26.3 Å². The molecule has 0 spiro atoms. The second-order valence-corrected chi connectivity index (χ2v) is 4.95. The van der Waals surface area contributed by atoms with Gasteiger partial charge in [-0.25, -0.2) is 0 Å². The molecule has 112 valence electrons. The summed E-state index contributed by atoms with van der Waals surface area (Å²) in [6.07, 6.45) is 4.93. The normalized spacial score (nSPS) is 14.2. The first-order valence-electron chi connectivity index (χ1n) is 7.37. The molecular formula is C16H31O3+. The quantitative estimate of drug-likeness (QED) is 0.275. The van der Waals surface area contributed by atoms with Gasteiger partial charge >= 0.3 is 0 Å². The molecule has 19 heavy (non-hydrogen) atoms. The fraction of sp³-hybridized carbons (Fsp3) is 0.812. The van der Waals surface area contributed by atoms with Crippen LogP contribution in [0.4, 0.5) is 0 Å². The number of allylic oxidation sites excluding steroid dienone is 1. The summed E-state index contributed by atoms with van der Waals surface area (Å²) in [4.78, 5) is 0. The number of rotatable bonds is 14. The maximum Gasteiger partial charge on any atom is 0.0903 e. The second kappa shape index (κ2) is 13.9. The van der Waals surface area contributed by atoms with Gasteiger partial charge < -0.3 is 14.2 Å². The molecule has 0 rings (SSSR count). The third-order valence-electron chi connectivity index (χ3n) is 3.11. The van der Waals surface area contributed by atoms with Crippen molar-refractivity contribution >= 4 is 0 Å². The first kappa shape index (κ1) is 18.5. The predicted octanol–water partition coefficient (Wildman–Crippen LogP) is 3.50. The van der Waals surface area contributed by atoms with Crippen molar-refractivity contribution in [2.75, 3.05) is 39.6 Å². The van der Waals surface area contributed by atoms with Gasteiger partial charge in [0.15, 0.2) is 0 Å². The zero-order valence-electron chi connectivity index (χ0n) is 12.7. The molecule has 0 aromatic heterocycles. The Bertz CT molecular complexity index is 194. The lowest BCUT2D eigenvalue weighted by molar-refractivity contribution is 0.00245. The molecule has 0 aromatic rings. The van der Waals surface area contributed by atoms with E-state index in [1.54, 1.807) is 0 Å². The summed E-state index contributed by atoms with van der Waals surface area (Å²) in [6, 6.07) is 0. The topological polar surface area (TPSA) is 27.7 Å². The fourth-order valence-corrected chi connectivity index (χ4v) is 1.50. The van der Waals surface area contributed by atoms with E-state index in [9.17, 15) is 0 Å². The Morgan fingerprint density at radius 2 is 1.63 bits per heavy atom. The molecule has 0 saturated carbocycles. The maximum absolute atomic E-state index is 5.55. The van der Waals surface area contributed by atoms with Crippen LogP contribution < -0.4 is 0 Å². The van der Waals surface area contributed by atoms with Crippen molar-refractivity contribution in [2.24, 2.45) is 11.8 Å². The van der Waals surface area contributed by atoms with Crippen LogP contribution in [0.3, 0.4) is 0 Å². The molecule has 3 nitrogen and oxygen atoms in total. The molecule has 0 aliphatic heterocycles. The monoisotopic (exact) mass is 271 g/mol. The molecule has 3 heteroatoms. The van der Waals surface area contributed by atoms with Crippen LogP contribution in [0.5, 0.6) is 0 Å². The highest BCUT2D eigenvalue weighted by Crippen LogP contribution is 2.08. The minimum absolute atomic E-state index is 0.483. The van der Waals surface area contributed by atoms with E-state index in [-0.39, 0.29) is 0 Å². The Morgan fingerprint density at radius 1 is 1.05 bits per heavy atom. The molecule has 0 bridgehead atoms. The standard InChI is InChI=1S/C16H31O3/c1-5-8-16(7-3)14-19-12-10-17-9-11-18-13-15(4)6-2/h5,15-16H,1,3,6-14H2,2,4H3/q+1. The zero-order valence-corrected chi connectivity index (χ0v) is 12.7. The average Bonchev–Trinajstić information content (AvgIpc) is 2.43. The highest BCUT2D eigenvalue weighted by molar-refractivity contribution is 4.73. The zero-order chi connectivity index (χ0) is 14.3. The number of hydrogen-bond donors (Lipinski definition) is 0. The molecular weight excluding hydrogens is 240 g/mol. The van der Waals surface area contributed by atoms with Crippen molar-refractivity contribution < 1.29 is 14.2 Å². The van der Waals surface area contributed by atoms with Gasteiger partial charge in [0.1, 0.15) is 0 Å². The van der Waals surface area contributed by atoms with Crippen molar-refractivity contribution in [1.29, 1.82) is 0 Å². The largest absolute Gasteiger partial charge is 0.379 e. The maximum atomic E-state index is 5.55. The Kier molecular flexibility index (Phi) is 13.5. The molecule has 0 aromatic carbocycles. The lowest BCUT2D eigenvalue weighted by atomic mass is 10.0. The lowest BCUT2D eigenvalue weighted by Gasteiger charge is -2.11. The fourth-order valence-electron chi connectivity index (χ4n) is 1.50. The first-order valence-corrected chi connectivity index (χ1v) is 7.37. The molecule has 0 radical (unpaired) electrons. The number of ether oxygens (including phenoxy) is 3. The molecule has 0 saturated heterocycles.